The van der Waals surface area contributed by atoms with Crippen LogP contribution < -0.4 is 0 Å². The third kappa shape index (κ3) is 6.44. The van der Waals surface area contributed by atoms with Crippen molar-refractivity contribution in [1.82, 2.24) is 14.8 Å². The van der Waals surface area contributed by atoms with Crippen LogP contribution in [0.3, 0.4) is 0 Å². The predicted molar refractivity (Wildman–Crippen MR) is 115 cm³/mol. The van der Waals surface area contributed by atoms with Crippen LogP contribution in [0.4, 0.5) is 13.2 Å². The summed E-state index contributed by atoms with van der Waals surface area (Å²) in [6.45, 7) is 5.68. The Morgan fingerprint density at radius 1 is 1.18 bits per heavy atom. The smallest absolute Gasteiger partial charge is 0.475 e. The lowest BCUT2D eigenvalue weighted by Gasteiger charge is -2.46. The number of nitrogens with zero attached hydrogens (tertiary/aromatic N) is 3. The Kier molecular flexibility index (Phi) is 8.00. The summed E-state index contributed by atoms with van der Waals surface area (Å²) in [5, 5.41) is 7.12. The van der Waals surface area contributed by atoms with Gasteiger partial charge in [-0.2, -0.15) is 13.2 Å². The van der Waals surface area contributed by atoms with Crippen LogP contribution in [0.2, 0.25) is 0 Å². The van der Waals surface area contributed by atoms with Gasteiger partial charge in [0.15, 0.2) is 0 Å². The van der Waals surface area contributed by atoms with Gasteiger partial charge >= 0.3 is 12.1 Å². The van der Waals surface area contributed by atoms with Crippen LogP contribution in [-0.2, 0) is 9.53 Å². The number of aromatic nitrogens is 1. The zero-order chi connectivity index (χ0) is 24.2. The standard InChI is InChI=1S/C21H31N3O2.C2HF3O2/c1-16-4-3-5-19(22-16)20(25)23-12-10-21(11-13-23)9-8-18(15-26-2)24(21)14-17-6-7-17;3-2(4,5)1(6)7/h3-5,17-18H,6-15H2,1-2H3;(H,6,7). The molecule has 1 N–H and O–H groups in total. The second-order valence-corrected chi connectivity index (χ2v) is 9.23. The number of carboxylic acid groups (broad SMARTS) is 1. The maximum atomic E-state index is 12.8. The first-order valence-corrected chi connectivity index (χ1v) is 11.3. The summed E-state index contributed by atoms with van der Waals surface area (Å²) >= 11 is 0. The second kappa shape index (κ2) is 10.4. The number of aliphatic carboxylic acids is 1. The van der Waals surface area contributed by atoms with Gasteiger partial charge in [0.25, 0.3) is 5.91 Å². The molecule has 184 valence electrons. The SMILES string of the molecule is COCC1CCC2(CCN(C(=O)c3cccc(C)n3)CC2)N1CC1CC1.O=C(O)C(F)(F)F. The van der Waals surface area contributed by atoms with Crippen molar-refractivity contribution in [3.63, 3.8) is 0 Å². The van der Waals surface area contributed by atoms with Gasteiger partial charge in [-0.1, -0.05) is 6.07 Å². The summed E-state index contributed by atoms with van der Waals surface area (Å²) in [4.78, 5) is 30.9. The highest BCUT2D eigenvalue weighted by molar-refractivity contribution is 5.92. The number of rotatable bonds is 5. The number of carboxylic acids is 1. The number of carbonyl (C=O) groups excluding carboxylic acids is 1. The minimum Gasteiger partial charge on any atom is -0.475 e. The molecule has 0 aromatic carbocycles. The van der Waals surface area contributed by atoms with Crippen LogP contribution in [0.15, 0.2) is 18.2 Å². The number of piperidine rings is 1. The summed E-state index contributed by atoms with van der Waals surface area (Å²) in [7, 11) is 1.82. The molecule has 7 nitrogen and oxygen atoms in total. The molecular weight excluding hydrogens is 439 g/mol. The molecule has 1 spiro atoms. The largest absolute Gasteiger partial charge is 0.490 e. The minimum atomic E-state index is -5.08. The van der Waals surface area contributed by atoms with E-state index in [1.54, 1.807) is 0 Å². The number of aryl methyl sites for hydroxylation is 1. The maximum absolute atomic E-state index is 12.8. The number of methoxy groups -OCH3 is 1. The Morgan fingerprint density at radius 3 is 2.33 bits per heavy atom. The molecule has 1 amide bonds. The van der Waals surface area contributed by atoms with Crippen LogP contribution in [0, 0.1) is 12.8 Å². The third-order valence-electron chi connectivity index (χ3n) is 6.84. The van der Waals surface area contributed by atoms with Crippen LogP contribution >= 0.6 is 0 Å². The van der Waals surface area contributed by atoms with Gasteiger partial charge in [0.05, 0.1) is 6.61 Å². The average Bonchev–Trinajstić information content (AvgIpc) is 3.53. The van der Waals surface area contributed by atoms with Gasteiger partial charge in [-0.15, -0.1) is 0 Å². The number of hydrogen-bond donors (Lipinski definition) is 1. The monoisotopic (exact) mass is 471 g/mol. The van der Waals surface area contributed by atoms with E-state index in [1.165, 1.54) is 32.2 Å². The number of amides is 1. The number of halogens is 3. The number of alkyl halides is 3. The number of pyridine rings is 1. The average molecular weight is 472 g/mol. The Morgan fingerprint density at radius 2 is 1.82 bits per heavy atom. The van der Waals surface area contributed by atoms with Crippen molar-refractivity contribution in [2.45, 2.75) is 63.2 Å². The fourth-order valence-corrected chi connectivity index (χ4v) is 4.90. The molecule has 3 fully saturated rings. The Bertz CT molecular complexity index is 836. The molecule has 0 radical (unpaired) electrons. The highest BCUT2D eigenvalue weighted by Gasteiger charge is 2.49. The fraction of sp³-hybridized carbons (Fsp3) is 0.696. The Labute approximate surface area is 191 Å². The van der Waals surface area contributed by atoms with E-state index in [4.69, 9.17) is 14.6 Å². The number of hydrogen-bond acceptors (Lipinski definition) is 5. The van der Waals surface area contributed by atoms with Gasteiger partial charge in [-0.25, -0.2) is 9.78 Å². The van der Waals surface area contributed by atoms with Crippen molar-refractivity contribution in [3.05, 3.63) is 29.6 Å². The summed E-state index contributed by atoms with van der Waals surface area (Å²) in [5.74, 6) is -1.78. The van der Waals surface area contributed by atoms with Crippen LogP contribution in [0.5, 0.6) is 0 Å². The van der Waals surface area contributed by atoms with Crippen molar-refractivity contribution in [2.75, 3.05) is 33.4 Å². The molecule has 2 aliphatic heterocycles. The molecule has 1 aliphatic carbocycles. The number of likely N-dealkylation sites (tertiary alicyclic amines) is 2. The highest BCUT2D eigenvalue weighted by Crippen LogP contribution is 2.44. The van der Waals surface area contributed by atoms with Crippen LogP contribution in [0.1, 0.15) is 54.7 Å². The molecule has 1 aromatic heterocycles. The van der Waals surface area contributed by atoms with Gasteiger partial charge in [0.1, 0.15) is 5.69 Å². The summed E-state index contributed by atoms with van der Waals surface area (Å²) in [6.07, 6.45) is 2.33. The van der Waals surface area contributed by atoms with Crippen molar-refractivity contribution in [2.24, 2.45) is 5.92 Å². The molecular formula is C23H32F3N3O4. The Hall–Kier alpha value is -2.20. The van der Waals surface area contributed by atoms with E-state index >= 15 is 0 Å². The molecule has 3 heterocycles. The molecule has 1 atom stereocenters. The normalized spacial score (nSPS) is 22.7. The van der Waals surface area contributed by atoms with Gasteiger partial charge < -0.3 is 14.7 Å². The van der Waals surface area contributed by atoms with Gasteiger partial charge in [-0.05, 0) is 63.5 Å². The summed E-state index contributed by atoms with van der Waals surface area (Å²) in [6, 6.07) is 6.25. The topological polar surface area (TPSA) is 83.0 Å². The Balaban J connectivity index is 0.000000383. The lowest BCUT2D eigenvalue weighted by molar-refractivity contribution is -0.192. The van der Waals surface area contributed by atoms with E-state index in [9.17, 15) is 18.0 Å². The van der Waals surface area contributed by atoms with E-state index in [2.05, 4.69) is 9.88 Å². The molecule has 1 saturated carbocycles. The minimum absolute atomic E-state index is 0.0868. The molecule has 1 aromatic rings. The van der Waals surface area contributed by atoms with Crippen molar-refractivity contribution in [1.29, 1.82) is 0 Å². The van der Waals surface area contributed by atoms with Crippen LogP contribution in [-0.4, -0.2) is 82.9 Å². The maximum Gasteiger partial charge on any atom is 0.490 e. The van der Waals surface area contributed by atoms with Crippen molar-refractivity contribution in [3.8, 4) is 0 Å². The first-order chi connectivity index (χ1) is 15.6. The lowest BCUT2D eigenvalue weighted by Crippen LogP contribution is -2.56. The van der Waals surface area contributed by atoms with Crippen LogP contribution in [0.25, 0.3) is 0 Å². The van der Waals surface area contributed by atoms with E-state index in [0.717, 1.165) is 44.1 Å². The van der Waals surface area contributed by atoms with E-state index < -0.39 is 12.1 Å². The quantitative estimate of drug-likeness (QED) is 0.708. The predicted octanol–water partition coefficient (Wildman–Crippen LogP) is 3.52. The number of carbonyl (C=O) groups is 2. The van der Waals surface area contributed by atoms with Gasteiger partial charge in [-0.3, -0.25) is 9.69 Å². The molecule has 4 rings (SSSR count). The fourth-order valence-electron chi connectivity index (χ4n) is 4.90. The zero-order valence-electron chi connectivity index (χ0n) is 19.1. The van der Waals surface area contributed by atoms with E-state index in [1.807, 2.05) is 37.1 Å². The zero-order valence-corrected chi connectivity index (χ0v) is 19.1. The molecule has 2 saturated heterocycles. The molecule has 1 unspecified atom stereocenters. The van der Waals surface area contributed by atoms with Crippen molar-refractivity contribution >= 4 is 11.9 Å². The molecule has 0 bridgehead atoms. The lowest BCUT2D eigenvalue weighted by atomic mass is 9.84. The van der Waals surface area contributed by atoms with Gasteiger partial charge in [0, 0.05) is 44.0 Å². The van der Waals surface area contributed by atoms with E-state index in [-0.39, 0.29) is 11.4 Å². The second-order valence-electron chi connectivity index (χ2n) is 9.23. The molecule has 33 heavy (non-hydrogen) atoms. The third-order valence-corrected chi connectivity index (χ3v) is 6.84. The first kappa shape index (κ1) is 25.4. The molecule has 10 heteroatoms. The van der Waals surface area contributed by atoms with Crippen molar-refractivity contribution < 1.29 is 32.6 Å². The van der Waals surface area contributed by atoms with E-state index in [0.29, 0.717) is 11.7 Å². The molecule has 3 aliphatic rings. The summed E-state index contributed by atoms with van der Waals surface area (Å²) in [5.41, 5.74) is 1.76. The first-order valence-electron chi connectivity index (χ1n) is 11.3. The number of ether oxygens (including phenoxy) is 1. The summed E-state index contributed by atoms with van der Waals surface area (Å²) < 4.78 is 37.2. The highest BCUT2D eigenvalue weighted by atomic mass is 19.4. The van der Waals surface area contributed by atoms with Gasteiger partial charge in [0.2, 0.25) is 0 Å².